The Hall–Kier alpha value is -4.01. The number of rotatable bonds is 5. The quantitative estimate of drug-likeness (QED) is 0.597. The molecule has 0 saturated carbocycles. The molecule has 2 aromatic carbocycles. The Labute approximate surface area is 208 Å². The van der Waals surface area contributed by atoms with Gasteiger partial charge >= 0.3 is 0 Å². The summed E-state index contributed by atoms with van der Waals surface area (Å²) in [5.74, 6) is -1.30. The number of aromatic nitrogens is 2. The number of hydrogen-bond acceptors (Lipinski definition) is 4. The molecule has 9 heteroatoms. The number of halogens is 1. The second kappa shape index (κ2) is 10.3. The minimum Gasteiger partial charge on any atom is -0.354 e. The molecule has 0 aliphatic carbocycles. The van der Waals surface area contributed by atoms with Crippen LogP contribution in [-0.2, 0) is 30.7 Å². The third kappa shape index (κ3) is 4.86. The number of benzene rings is 2. The number of nitrogens with one attached hydrogen (secondary N) is 1. The summed E-state index contributed by atoms with van der Waals surface area (Å²) in [6, 6.07) is 16.0. The maximum absolute atomic E-state index is 14.3. The first-order valence-corrected chi connectivity index (χ1v) is 12.2. The smallest absolute Gasteiger partial charge is 0.274 e. The van der Waals surface area contributed by atoms with E-state index in [2.05, 4.69) is 17.4 Å². The van der Waals surface area contributed by atoms with Gasteiger partial charge in [-0.25, -0.2) is 4.39 Å². The fraction of sp³-hybridized carbons (Fsp3) is 0.333. The van der Waals surface area contributed by atoms with Crippen LogP contribution in [0.1, 0.15) is 44.1 Å². The van der Waals surface area contributed by atoms with E-state index in [1.807, 2.05) is 22.9 Å². The largest absolute Gasteiger partial charge is 0.354 e. The van der Waals surface area contributed by atoms with Crippen LogP contribution in [0.3, 0.4) is 0 Å². The van der Waals surface area contributed by atoms with Gasteiger partial charge < -0.3 is 15.1 Å². The van der Waals surface area contributed by atoms with Crippen LogP contribution in [0.5, 0.6) is 0 Å². The predicted molar refractivity (Wildman–Crippen MR) is 131 cm³/mol. The highest BCUT2D eigenvalue weighted by Gasteiger charge is 2.33. The van der Waals surface area contributed by atoms with E-state index in [0.29, 0.717) is 50.4 Å². The molecule has 3 heterocycles. The lowest BCUT2D eigenvalue weighted by Crippen LogP contribution is -2.38. The molecule has 0 spiro atoms. The molecule has 5 rings (SSSR count). The molecule has 186 valence electrons. The zero-order chi connectivity index (χ0) is 25.1. The van der Waals surface area contributed by atoms with Crippen LogP contribution < -0.4 is 5.32 Å². The molecule has 2 aliphatic rings. The highest BCUT2D eigenvalue weighted by molar-refractivity contribution is 5.96. The molecular formula is C27H28FN5O3. The number of nitrogens with zero attached hydrogens (tertiary/aromatic N) is 4. The maximum Gasteiger partial charge on any atom is 0.274 e. The molecule has 1 fully saturated rings. The first kappa shape index (κ1) is 23.7. The Morgan fingerprint density at radius 2 is 1.67 bits per heavy atom. The van der Waals surface area contributed by atoms with E-state index in [1.165, 1.54) is 17.7 Å². The molecule has 0 bridgehead atoms. The number of carbonyl (C=O) groups is 3. The molecule has 1 saturated heterocycles. The van der Waals surface area contributed by atoms with Gasteiger partial charge in [0.25, 0.3) is 11.8 Å². The van der Waals surface area contributed by atoms with Crippen LogP contribution in [-0.4, -0.2) is 63.5 Å². The molecule has 0 atom stereocenters. The molecule has 3 amide bonds. The predicted octanol–water partition coefficient (Wildman–Crippen LogP) is 2.43. The lowest BCUT2D eigenvalue weighted by Gasteiger charge is -2.28. The normalized spacial score (nSPS) is 15.8. The SMILES string of the molecule is O=C1CCN(C(=O)c2nn(CCc3ccccc3)c3c2CN(C(=O)c2ccccc2F)CC3)CCN1. The Bertz CT molecular complexity index is 1290. The summed E-state index contributed by atoms with van der Waals surface area (Å²) in [7, 11) is 0. The second-order valence-electron chi connectivity index (χ2n) is 9.08. The van der Waals surface area contributed by atoms with E-state index in [-0.39, 0.29) is 30.3 Å². The Kier molecular flexibility index (Phi) is 6.79. The summed E-state index contributed by atoms with van der Waals surface area (Å²) in [6.07, 6.45) is 1.51. The van der Waals surface area contributed by atoms with Crippen molar-refractivity contribution in [3.05, 3.63) is 88.5 Å². The Balaban J connectivity index is 1.44. The number of hydrogen-bond donors (Lipinski definition) is 1. The summed E-state index contributed by atoms with van der Waals surface area (Å²) in [5.41, 5.74) is 3.11. The first-order valence-electron chi connectivity index (χ1n) is 12.2. The van der Waals surface area contributed by atoms with Crippen LogP contribution >= 0.6 is 0 Å². The Morgan fingerprint density at radius 1 is 0.917 bits per heavy atom. The van der Waals surface area contributed by atoms with Gasteiger partial charge in [0, 0.05) is 56.8 Å². The van der Waals surface area contributed by atoms with Gasteiger partial charge in [0.15, 0.2) is 5.69 Å². The van der Waals surface area contributed by atoms with Crippen LogP contribution in [0, 0.1) is 5.82 Å². The van der Waals surface area contributed by atoms with Crippen molar-refractivity contribution >= 4 is 17.7 Å². The summed E-state index contributed by atoms with van der Waals surface area (Å²) < 4.78 is 16.2. The minimum atomic E-state index is -0.565. The number of carbonyl (C=O) groups excluding carboxylic acids is 3. The first-order chi connectivity index (χ1) is 17.5. The molecule has 1 aromatic heterocycles. The van der Waals surface area contributed by atoms with Crippen molar-refractivity contribution in [2.24, 2.45) is 0 Å². The average molecular weight is 490 g/mol. The topological polar surface area (TPSA) is 87.5 Å². The van der Waals surface area contributed by atoms with E-state index in [0.717, 1.165) is 12.1 Å². The molecule has 8 nitrogen and oxygen atoms in total. The van der Waals surface area contributed by atoms with Gasteiger partial charge in [-0.3, -0.25) is 19.1 Å². The van der Waals surface area contributed by atoms with Gasteiger partial charge in [-0.1, -0.05) is 42.5 Å². The van der Waals surface area contributed by atoms with Crippen molar-refractivity contribution in [1.29, 1.82) is 0 Å². The van der Waals surface area contributed by atoms with Crippen LogP contribution in [0.25, 0.3) is 0 Å². The number of aryl methyl sites for hydroxylation is 2. The lowest BCUT2D eigenvalue weighted by atomic mass is 10.0. The molecular weight excluding hydrogens is 461 g/mol. The van der Waals surface area contributed by atoms with Gasteiger partial charge in [0.05, 0.1) is 12.1 Å². The van der Waals surface area contributed by atoms with Gasteiger partial charge in [0.1, 0.15) is 5.82 Å². The summed E-state index contributed by atoms with van der Waals surface area (Å²) in [4.78, 5) is 41.7. The number of amides is 3. The zero-order valence-electron chi connectivity index (χ0n) is 20.0. The van der Waals surface area contributed by atoms with Crippen molar-refractivity contribution in [3.63, 3.8) is 0 Å². The van der Waals surface area contributed by atoms with Crippen molar-refractivity contribution in [3.8, 4) is 0 Å². The average Bonchev–Trinajstić information content (AvgIpc) is 3.12. The fourth-order valence-corrected chi connectivity index (χ4v) is 4.83. The highest BCUT2D eigenvalue weighted by atomic mass is 19.1. The van der Waals surface area contributed by atoms with Crippen LogP contribution in [0.15, 0.2) is 54.6 Å². The Morgan fingerprint density at radius 3 is 2.47 bits per heavy atom. The van der Waals surface area contributed by atoms with E-state index >= 15 is 0 Å². The maximum atomic E-state index is 14.3. The molecule has 1 N–H and O–H groups in total. The van der Waals surface area contributed by atoms with Crippen LogP contribution in [0.2, 0.25) is 0 Å². The second-order valence-corrected chi connectivity index (χ2v) is 9.08. The third-order valence-electron chi connectivity index (χ3n) is 6.78. The highest BCUT2D eigenvalue weighted by Crippen LogP contribution is 2.26. The van der Waals surface area contributed by atoms with E-state index in [4.69, 9.17) is 5.10 Å². The van der Waals surface area contributed by atoms with Crippen molar-refractivity contribution < 1.29 is 18.8 Å². The molecule has 0 radical (unpaired) electrons. The van der Waals surface area contributed by atoms with Crippen molar-refractivity contribution in [1.82, 2.24) is 24.9 Å². The van der Waals surface area contributed by atoms with E-state index in [9.17, 15) is 18.8 Å². The molecule has 0 unspecified atom stereocenters. The molecule has 3 aromatic rings. The van der Waals surface area contributed by atoms with Gasteiger partial charge in [0.2, 0.25) is 5.91 Å². The van der Waals surface area contributed by atoms with E-state index in [1.54, 1.807) is 21.9 Å². The monoisotopic (exact) mass is 489 g/mol. The summed E-state index contributed by atoms with van der Waals surface area (Å²) in [6.45, 7) is 2.29. The van der Waals surface area contributed by atoms with Crippen molar-refractivity contribution in [2.45, 2.75) is 32.4 Å². The van der Waals surface area contributed by atoms with Crippen molar-refractivity contribution in [2.75, 3.05) is 26.2 Å². The summed E-state index contributed by atoms with van der Waals surface area (Å²) >= 11 is 0. The third-order valence-corrected chi connectivity index (χ3v) is 6.78. The minimum absolute atomic E-state index is 0.0161. The lowest BCUT2D eigenvalue weighted by molar-refractivity contribution is -0.120. The van der Waals surface area contributed by atoms with Crippen LogP contribution in [0.4, 0.5) is 4.39 Å². The fourth-order valence-electron chi connectivity index (χ4n) is 4.83. The standard InChI is InChI=1S/C27H28FN5O3/c28-22-9-5-4-8-20(22)26(35)32-14-11-23-21(18-32)25(27(36)31-15-12-24(34)29-13-17-31)30-33(23)16-10-19-6-2-1-3-7-19/h1-9H,10-18H2,(H,29,34). The number of fused-ring (bicyclic) bond motifs is 1. The molecule has 2 aliphatic heterocycles. The van der Waals surface area contributed by atoms with Gasteiger partial charge in [-0.15, -0.1) is 0 Å². The van der Waals surface area contributed by atoms with E-state index < -0.39 is 11.7 Å². The van der Waals surface area contributed by atoms with Gasteiger partial charge in [-0.05, 0) is 24.1 Å². The summed E-state index contributed by atoms with van der Waals surface area (Å²) in [5, 5.41) is 7.51. The zero-order valence-corrected chi connectivity index (χ0v) is 20.0. The molecule has 36 heavy (non-hydrogen) atoms. The van der Waals surface area contributed by atoms with Gasteiger partial charge in [-0.2, -0.15) is 5.10 Å².